The fraction of sp³-hybridized carbons (Fsp3) is 0.667. The standard InChI is InChI=1S/C12H19N5/c1-3-16-6-10-5-9(16)7-17(10)12-14-8(2)4-11(13)15-12/h4,9-10H,3,5-7H2,1-2H3,(H2,13,14,15)/t9-,10-/m0/s1. The van der Waals surface area contributed by atoms with Crippen molar-refractivity contribution in [3.63, 3.8) is 0 Å². The van der Waals surface area contributed by atoms with E-state index in [0.29, 0.717) is 17.9 Å². The Balaban J connectivity index is 1.83. The lowest BCUT2D eigenvalue weighted by Crippen LogP contribution is -2.46. The van der Waals surface area contributed by atoms with E-state index in [1.807, 2.05) is 13.0 Å². The van der Waals surface area contributed by atoms with Crippen molar-refractivity contribution in [1.82, 2.24) is 14.9 Å². The second-order valence-electron chi connectivity index (χ2n) is 5.02. The van der Waals surface area contributed by atoms with E-state index in [9.17, 15) is 0 Å². The molecule has 1 aromatic heterocycles. The van der Waals surface area contributed by atoms with Crippen molar-refractivity contribution in [1.29, 1.82) is 0 Å². The smallest absolute Gasteiger partial charge is 0.227 e. The minimum atomic E-state index is 0.571. The molecule has 2 atom stereocenters. The third kappa shape index (κ3) is 1.74. The Morgan fingerprint density at radius 3 is 2.76 bits per heavy atom. The maximum atomic E-state index is 5.79. The van der Waals surface area contributed by atoms with Gasteiger partial charge in [-0.1, -0.05) is 6.92 Å². The predicted molar refractivity (Wildman–Crippen MR) is 68.0 cm³/mol. The van der Waals surface area contributed by atoms with Crippen molar-refractivity contribution in [2.45, 2.75) is 32.4 Å². The second-order valence-corrected chi connectivity index (χ2v) is 5.02. The second kappa shape index (κ2) is 3.84. The molecule has 0 saturated carbocycles. The van der Waals surface area contributed by atoms with Gasteiger partial charge in [0.15, 0.2) is 0 Å². The molecule has 2 aliphatic heterocycles. The number of piperazine rings is 1. The quantitative estimate of drug-likeness (QED) is 0.812. The molecule has 92 valence electrons. The number of nitrogens with two attached hydrogens (primary N) is 1. The van der Waals surface area contributed by atoms with Crippen LogP contribution in [0.15, 0.2) is 6.07 Å². The normalized spacial score (nSPS) is 28.0. The van der Waals surface area contributed by atoms with E-state index < -0.39 is 0 Å². The third-order valence-electron chi connectivity index (χ3n) is 3.88. The van der Waals surface area contributed by atoms with Crippen molar-refractivity contribution in [2.24, 2.45) is 0 Å². The lowest BCUT2D eigenvalue weighted by atomic mass is 10.2. The third-order valence-corrected chi connectivity index (χ3v) is 3.88. The first-order chi connectivity index (χ1) is 8.17. The summed E-state index contributed by atoms with van der Waals surface area (Å²) < 4.78 is 0. The number of nitrogen functional groups attached to an aromatic ring is 1. The lowest BCUT2D eigenvalue weighted by Gasteiger charge is -2.33. The topological polar surface area (TPSA) is 58.3 Å². The molecule has 0 radical (unpaired) electrons. The number of fused-ring (bicyclic) bond motifs is 2. The molecule has 0 amide bonds. The van der Waals surface area contributed by atoms with Crippen molar-refractivity contribution in [3.05, 3.63) is 11.8 Å². The van der Waals surface area contributed by atoms with Gasteiger partial charge in [-0.15, -0.1) is 0 Å². The van der Waals surface area contributed by atoms with Gasteiger partial charge in [-0.25, -0.2) is 4.98 Å². The summed E-state index contributed by atoms with van der Waals surface area (Å²) in [7, 11) is 0. The van der Waals surface area contributed by atoms with Crippen molar-refractivity contribution < 1.29 is 0 Å². The van der Waals surface area contributed by atoms with Crippen LogP contribution in [-0.2, 0) is 0 Å². The SMILES string of the molecule is CCN1C[C@@H]2C[C@H]1CN2c1nc(C)cc(N)n1. The molecule has 3 heterocycles. The van der Waals surface area contributed by atoms with Crippen LogP contribution >= 0.6 is 0 Å². The molecule has 5 heteroatoms. The first-order valence-electron chi connectivity index (χ1n) is 6.29. The molecule has 17 heavy (non-hydrogen) atoms. The number of hydrogen-bond acceptors (Lipinski definition) is 5. The summed E-state index contributed by atoms with van der Waals surface area (Å²) >= 11 is 0. The summed E-state index contributed by atoms with van der Waals surface area (Å²) in [5, 5.41) is 0. The predicted octanol–water partition coefficient (Wildman–Crippen LogP) is 0.650. The lowest BCUT2D eigenvalue weighted by molar-refractivity contribution is 0.250. The fourth-order valence-electron chi connectivity index (χ4n) is 3.09. The van der Waals surface area contributed by atoms with Crippen LogP contribution in [0.3, 0.4) is 0 Å². The summed E-state index contributed by atoms with van der Waals surface area (Å²) in [6.07, 6.45) is 1.24. The molecular formula is C12H19N5. The van der Waals surface area contributed by atoms with E-state index in [-0.39, 0.29) is 0 Å². The Hall–Kier alpha value is -1.36. The number of hydrogen-bond donors (Lipinski definition) is 1. The van der Waals surface area contributed by atoms with Crippen LogP contribution < -0.4 is 10.6 Å². The zero-order chi connectivity index (χ0) is 12.0. The van der Waals surface area contributed by atoms with Gasteiger partial charge < -0.3 is 10.6 Å². The highest BCUT2D eigenvalue weighted by molar-refractivity contribution is 5.43. The van der Waals surface area contributed by atoms with Gasteiger partial charge in [0.25, 0.3) is 0 Å². The highest BCUT2D eigenvalue weighted by atomic mass is 15.4. The van der Waals surface area contributed by atoms with Gasteiger partial charge in [-0.3, -0.25) is 4.90 Å². The summed E-state index contributed by atoms with van der Waals surface area (Å²) in [4.78, 5) is 13.7. The zero-order valence-corrected chi connectivity index (χ0v) is 10.4. The number of likely N-dealkylation sites (N-methyl/N-ethyl adjacent to an activating group) is 1. The molecule has 5 nitrogen and oxygen atoms in total. The van der Waals surface area contributed by atoms with E-state index in [1.54, 1.807) is 0 Å². The Morgan fingerprint density at radius 2 is 2.18 bits per heavy atom. The van der Waals surface area contributed by atoms with E-state index in [0.717, 1.165) is 31.3 Å². The Kier molecular flexibility index (Phi) is 2.43. The molecule has 2 saturated heterocycles. The summed E-state index contributed by atoms with van der Waals surface area (Å²) in [5.74, 6) is 1.38. The van der Waals surface area contributed by atoms with Crippen molar-refractivity contribution >= 4 is 11.8 Å². The first kappa shape index (κ1) is 10.8. The van der Waals surface area contributed by atoms with E-state index >= 15 is 0 Å². The number of anilines is 2. The summed E-state index contributed by atoms with van der Waals surface area (Å²) in [5.41, 5.74) is 6.74. The number of aryl methyl sites for hydroxylation is 1. The Morgan fingerprint density at radius 1 is 1.35 bits per heavy atom. The minimum Gasteiger partial charge on any atom is -0.384 e. The van der Waals surface area contributed by atoms with Crippen LogP contribution in [0.5, 0.6) is 0 Å². The largest absolute Gasteiger partial charge is 0.384 e. The number of nitrogens with zero attached hydrogens (tertiary/aromatic N) is 4. The molecule has 3 rings (SSSR count). The molecule has 2 fully saturated rings. The molecule has 2 N–H and O–H groups in total. The van der Waals surface area contributed by atoms with Gasteiger partial charge in [-0.05, 0) is 19.9 Å². The summed E-state index contributed by atoms with van der Waals surface area (Å²) in [6, 6.07) is 3.06. The van der Waals surface area contributed by atoms with E-state index in [1.165, 1.54) is 6.42 Å². The number of likely N-dealkylation sites (tertiary alicyclic amines) is 1. The molecule has 0 spiro atoms. The number of rotatable bonds is 2. The molecule has 0 unspecified atom stereocenters. The first-order valence-corrected chi connectivity index (χ1v) is 6.29. The number of aromatic nitrogens is 2. The molecule has 2 bridgehead atoms. The van der Waals surface area contributed by atoms with Gasteiger partial charge in [0.2, 0.25) is 5.95 Å². The molecule has 1 aromatic rings. The van der Waals surface area contributed by atoms with Crippen LogP contribution in [0.25, 0.3) is 0 Å². The molecule has 2 aliphatic rings. The van der Waals surface area contributed by atoms with Gasteiger partial charge in [-0.2, -0.15) is 4.98 Å². The van der Waals surface area contributed by atoms with Crippen LogP contribution in [-0.4, -0.2) is 46.6 Å². The van der Waals surface area contributed by atoms with Crippen molar-refractivity contribution in [3.8, 4) is 0 Å². The van der Waals surface area contributed by atoms with Crippen LogP contribution in [0.1, 0.15) is 19.0 Å². The van der Waals surface area contributed by atoms with E-state index in [2.05, 4.69) is 26.7 Å². The van der Waals surface area contributed by atoms with Gasteiger partial charge in [0.05, 0.1) is 0 Å². The molecular weight excluding hydrogens is 214 g/mol. The average Bonchev–Trinajstić information content (AvgIpc) is 2.86. The molecule has 0 aliphatic carbocycles. The maximum absolute atomic E-state index is 5.79. The zero-order valence-electron chi connectivity index (χ0n) is 10.4. The average molecular weight is 233 g/mol. The summed E-state index contributed by atoms with van der Waals surface area (Å²) in [6.45, 7) is 7.52. The Bertz CT molecular complexity index is 413. The fourth-order valence-corrected chi connectivity index (χ4v) is 3.09. The van der Waals surface area contributed by atoms with Gasteiger partial charge in [0.1, 0.15) is 5.82 Å². The Labute approximate surface area is 102 Å². The van der Waals surface area contributed by atoms with Crippen LogP contribution in [0.2, 0.25) is 0 Å². The molecule has 0 aromatic carbocycles. The highest BCUT2D eigenvalue weighted by Gasteiger charge is 2.43. The van der Waals surface area contributed by atoms with E-state index in [4.69, 9.17) is 5.73 Å². The monoisotopic (exact) mass is 233 g/mol. The van der Waals surface area contributed by atoms with Crippen LogP contribution in [0.4, 0.5) is 11.8 Å². The highest BCUT2D eigenvalue weighted by Crippen LogP contribution is 2.32. The van der Waals surface area contributed by atoms with Crippen LogP contribution in [0, 0.1) is 6.92 Å². The maximum Gasteiger partial charge on any atom is 0.227 e. The van der Waals surface area contributed by atoms with Gasteiger partial charge >= 0.3 is 0 Å². The van der Waals surface area contributed by atoms with Gasteiger partial charge in [0, 0.05) is 36.9 Å². The van der Waals surface area contributed by atoms with Crippen molar-refractivity contribution in [2.75, 3.05) is 30.3 Å². The minimum absolute atomic E-state index is 0.571.